The van der Waals surface area contributed by atoms with Crippen LogP contribution in [-0.4, -0.2) is 31.8 Å². The van der Waals surface area contributed by atoms with Crippen LogP contribution in [0.3, 0.4) is 0 Å². The molecule has 0 spiro atoms. The summed E-state index contributed by atoms with van der Waals surface area (Å²) in [5.74, 6) is 0.377. The van der Waals surface area contributed by atoms with Crippen molar-refractivity contribution in [3.8, 4) is 0 Å². The van der Waals surface area contributed by atoms with Crippen LogP contribution in [0.4, 0.5) is 11.4 Å². The maximum atomic E-state index is 12.5. The van der Waals surface area contributed by atoms with Crippen molar-refractivity contribution in [1.29, 1.82) is 0 Å². The minimum atomic E-state index is -0.104. The number of anilines is 2. The summed E-state index contributed by atoms with van der Waals surface area (Å²) in [5, 5.41) is 2.95. The van der Waals surface area contributed by atoms with E-state index in [0.29, 0.717) is 24.3 Å². The number of carbonyl (C=O) groups excluding carboxylic acids is 1. The summed E-state index contributed by atoms with van der Waals surface area (Å²) >= 11 is 0. The first kappa shape index (κ1) is 15.2. The standard InChI is InChI=1S/C19H21N3O2/c20-18-11-17(18)13-4-6-15(7-5-13)21-19(23)14-2-1-3-16(10-14)22-8-9-24-12-22/h1-7,10,17-18H,8-9,11-12,20H2,(H,21,23). The van der Waals surface area contributed by atoms with Crippen molar-refractivity contribution in [1.82, 2.24) is 0 Å². The highest BCUT2D eigenvalue weighted by Gasteiger charge is 2.34. The minimum absolute atomic E-state index is 0.104. The molecule has 0 bridgehead atoms. The number of nitrogens with one attached hydrogen (secondary N) is 1. The van der Waals surface area contributed by atoms with E-state index in [1.54, 1.807) is 0 Å². The van der Waals surface area contributed by atoms with Gasteiger partial charge in [0.05, 0.1) is 6.61 Å². The van der Waals surface area contributed by atoms with Crippen molar-refractivity contribution in [3.63, 3.8) is 0 Å². The fourth-order valence-electron chi connectivity index (χ4n) is 3.08. The monoisotopic (exact) mass is 323 g/mol. The fourth-order valence-corrected chi connectivity index (χ4v) is 3.08. The first-order valence-corrected chi connectivity index (χ1v) is 8.30. The average Bonchev–Trinajstić information content (AvgIpc) is 3.11. The Morgan fingerprint density at radius 1 is 1.21 bits per heavy atom. The Morgan fingerprint density at radius 3 is 2.67 bits per heavy atom. The molecule has 5 heteroatoms. The number of amides is 1. The number of hydrogen-bond acceptors (Lipinski definition) is 4. The minimum Gasteiger partial charge on any atom is -0.359 e. The Labute approximate surface area is 141 Å². The van der Waals surface area contributed by atoms with Gasteiger partial charge in [-0.1, -0.05) is 18.2 Å². The van der Waals surface area contributed by atoms with Crippen molar-refractivity contribution in [3.05, 3.63) is 59.7 Å². The molecule has 1 amide bonds. The molecule has 2 aromatic carbocycles. The molecule has 1 heterocycles. The van der Waals surface area contributed by atoms with E-state index < -0.39 is 0 Å². The van der Waals surface area contributed by atoms with Crippen LogP contribution in [0.2, 0.25) is 0 Å². The highest BCUT2D eigenvalue weighted by Crippen LogP contribution is 2.39. The van der Waals surface area contributed by atoms with E-state index in [1.807, 2.05) is 48.5 Å². The van der Waals surface area contributed by atoms with E-state index in [9.17, 15) is 4.79 Å². The maximum Gasteiger partial charge on any atom is 0.255 e. The Bertz CT molecular complexity index is 739. The highest BCUT2D eigenvalue weighted by atomic mass is 16.5. The van der Waals surface area contributed by atoms with Gasteiger partial charge in [0, 0.05) is 35.4 Å². The van der Waals surface area contributed by atoms with Crippen molar-refractivity contribution in [2.24, 2.45) is 5.73 Å². The quantitative estimate of drug-likeness (QED) is 0.907. The molecule has 24 heavy (non-hydrogen) atoms. The molecular weight excluding hydrogens is 302 g/mol. The Kier molecular flexibility index (Phi) is 3.96. The summed E-state index contributed by atoms with van der Waals surface area (Å²) in [6.07, 6.45) is 1.05. The van der Waals surface area contributed by atoms with Crippen molar-refractivity contribution in [2.45, 2.75) is 18.4 Å². The molecular formula is C19H21N3O2. The number of nitrogens with two attached hydrogens (primary N) is 1. The smallest absolute Gasteiger partial charge is 0.255 e. The number of rotatable bonds is 4. The molecule has 1 saturated heterocycles. The van der Waals surface area contributed by atoms with Gasteiger partial charge in [0.2, 0.25) is 0 Å². The van der Waals surface area contributed by atoms with Gasteiger partial charge in [0.15, 0.2) is 0 Å². The zero-order valence-electron chi connectivity index (χ0n) is 13.4. The molecule has 0 radical (unpaired) electrons. The van der Waals surface area contributed by atoms with Crippen LogP contribution in [0, 0.1) is 0 Å². The molecule has 2 aliphatic rings. The predicted molar refractivity (Wildman–Crippen MR) is 94.3 cm³/mol. The predicted octanol–water partition coefficient (Wildman–Crippen LogP) is 2.55. The van der Waals surface area contributed by atoms with Crippen LogP contribution in [0.1, 0.15) is 28.3 Å². The van der Waals surface area contributed by atoms with Crippen molar-refractivity contribution >= 4 is 17.3 Å². The Morgan fingerprint density at radius 2 is 2.00 bits per heavy atom. The van der Waals surface area contributed by atoms with Gasteiger partial charge in [-0.25, -0.2) is 0 Å². The van der Waals surface area contributed by atoms with E-state index in [4.69, 9.17) is 10.5 Å². The molecule has 124 valence electrons. The van der Waals surface area contributed by atoms with Gasteiger partial charge in [-0.05, 0) is 42.3 Å². The number of nitrogens with zero attached hydrogens (tertiary/aromatic N) is 1. The molecule has 1 aliphatic heterocycles. The molecule has 2 unspecified atom stereocenters. The maximum absolute atomic E-state index is 12.5. The number of benzene rings is 2. The van der Waals surface area contributed by atoms with Gasteiger partial charge in [-0.3, -0.25) is 4.79 Å². The van der Waals surface area contributed by atoms with Crippen molar-refractivity contribution in [2.75, 3.05) is 30.1 Å². The van der Waals surface area contributed by atoms with Crippen LogP contribution in [0.5, 0.6) is 0 Å². The lowest BCUT2D eigenvalue weighted by Gasteiger charge is -2.16. The lowest BCUT2D eigenvalue weighted by molar-refractivity contribution is 0.102. The molecule has 2 aromatic rings. The first-order valence-electron chi connectivity index (χ1n) is 8.30. The summed E-state index contributed by atoms with van der Waals surface area (Å²) in [4.78, 5) is 14.6. The summed E-state index contributed by atoms with van der Waals surface area (Å²) in [7, 11) is 0. The van der Waals surface area contributed by atoms with Gasteiger partial charge in [-0.15, -0.1) is 0 Å². The lowest BCUT2D eigenvalue weighted by Crippen LogP contribution is -2.19. The zero-order chi connectivity index (χ0) is 16.5. The third kappa shape index (κ3) is 3.13. The second kappa shape index (κ2) is 6.26. The third-order valence-electron chi connectivity index (χ3n) is 4.66. The van der Waals surface area contributed by atoms with Gasteiger partial charge in [0.1, 0.15) is 6.73 Å². The van der Waals surface area contributed by atoms with Gasteiger partial charge in [-0.2, -0.15) is 0 Å². The van der Waals surface area contributed by atoms with Crippen LogP contribution >= 0.6 is 0 Å². The molecule has 2 atom stereocenters. The van der Waals surface area contributed by atoms with Crippen LogP contribution in [0.25, 0.3) is 0 Å². The lowest BCUT2D eigenvalue weighted by atomic mass is 10.1. The van der Waals surface area contributed by atoms with E-state index in [-0.39, 0.29) is 5.91 Å². The highest BCUT2D eigenvalue weighted by molar-refractivity contribution is 6.04. The molecule has 5 nitrogen and oxygen atoms in total. The van der Waals surface area contributed by atoms with E-state index in [1.165, 1.54) is 5.56 Å². The SMILES string of the molecule is NC1CC1c1ccc(NC(=O)c2cccc(N3CCOC3)c2)cc1. The molecule has 4 rings (SSSR count). The van der Waals surface area contributed by atoms with E-state index >= 15 is 0 Å². The molecule has 0 aromatic heterocycles. The Balaban J connectivity index is 1.44. The van der Waals surface area contributed by atoms with Crippen LogP contribution in [-0.2, 0) is 4.74 Å². The Hall–Kier alpha value is -2.37. The first-order chi connectivity index (χ1) is 11.7. The summed E-state index contributed by atoms with van der Waals surface area (Å²) in [5.41, 5.74) is 9.58. The molecule has 2 fully saturated rings. The number of hydrogen-bond donors (Lipinski definition) is 2. The van der Waals surface area contributed by atoms with Gasteiger partial charge < -0.3 is 20.7 Å². The number of ether oxygens (including phenoxy) is 1. The van der Waals surface area contributed by atoms with E-state index in [0.717, 1.165) is 30.9 Å². The van der Waals surface area contributed by atoms with Crippen LogP contribution in [0.15, 0.2) is 48.5 Å². The normalized spacial score (nSPS) is 22.5. The largest absolute Gasteiger partial charge is 0.359 e. The molecule has 1 aliphatic carbocycles. The second-order valence-electron chi connectivity index (χ2n) is 6.43. The van der Waals surface area contributed by atoms with Crippen LogP contribution < -0.4 is 16.0 Å². The average molecular weight is 323 g/mol. The summed E-state index contributed by atoms with van der Waals surface area (Å²) in [6.45, 7) is 2.17. The number of carbonyl (C=O) groups is 1. The second-order valence-corrected chi connectivity index (χ2v) is 6.43. The fraction of sp³-hybridized carbons (Fsp3) is 0.316. The summed E-state index contributed by atoms with van der Waals surface area (Å²) in [6, 6.07) is 15.9. The van der Waals surface area contributed by atoms with E-state index in [2.05, 4.69) is 10.2 Å². The topological polar surface area (TPSA) is 67.6 Å². The van der Waals surface area contributed by atoms with Gasteiger partial charge in [0.25, 0.3) is 5.91 Å². The van der Waals surface area contributed by atoms with Crippen molar-refractivity contribution < 1.29 is 9.53 Å². The third-order valence-corrected chi connectivity index (χ3v) is 4.66. The van der Waals surface area contributed by atoms with Gasteiger partial charge >= 0.3 is 0 Å². The summed E-state index contributed by atoms with van der Waals surface area (Å²) < 4.78 is 5.37. The molecule has 1 saturated carbocycles. The zero-order valence-corrected chi connectivity index (χ0v) is 13.4. The molecule has 3 N–H and O–H groups in total.